The van der Waals surface area contributed by atoms with Crippen LogP contribution in [0.15, 0.2) is 24.3 Å². The van der Waals surface area contributed by atoms with Gasteiger partial charge in [0.2, 0.25) is 5.91 Å². The molecule has 0 spiro atoms. The van der Waals surface area contributed by atoms with Gasteiger partial charge in [0, 0.05) is 19.5 Å². The molecule has 1 aromatic rings. The molecule has 6 heteroatoms. The Morgan fingerprint density at radius 1 is 1.04 bits per heavy atom. The molecule has 0 aliphatic rings. The van der Waals surface area contributed by atoms with Gasteiger partial charge in [0.15, 0.2) is 0 Å². The lowest BCUT2D eigenvalue weighted by atomic mass is 10.2. The summed E-state index contributed by atoms with van der Waals surface area (Å²) < 4.78 is 5.15. The number of benzene rings is 1. The lowest BCUT2D eigenvalue weighted by Crippen LogP contribution is -2.33. The highest BCUT2D eigenvalue weighted by atomic mass is 16.6. The normalized spacial score (nSPS) is 10.9. The molecule has 25 heavy (non-hydrogen) atoms. The molecule has 1 rings (SSSR count). The minimum Gasteiger partial charge on any atom is -0.444 e. The maximum absolute atomic E-state index is 12.1. The molecule has 0 aromatic heterocycles. The maximum Gasteiger partial charge on any atom is 0.407 e. The van der Waals surface area contributed by atoms with Gasteiger partial charge in [-0.15, -0.1) is 0 Å². The first-order chi connectivity index (χ1) is 11.8. The predicted molar refractivity (Wildman–Crippen MR) is 102 cm³/mol. The number of carbonyl (C=O) groups is 2. The lowest BCUT2D eigenvalue weighted by molar-refractivity contribution is -0.116. The average Bonchev–Trinajstić information content (AvgIpc) is 2.52. The summed E-state index contributed by atoms with van der Waals surface area (Å²) in [5.74, 6) is -0.0250. The Labute approximate surface area is 150 Å². The van der Waals surface area contributed by atoms with Crippen molar-refractivity contribution < 1.29 is 14.3 Å². The van der Waals surface area contributed by atoms with Crippen LogP contribution in [-0.2, 0) is 9.53 Å². The predicted octanol–water partition coefficient (Wildman–Crippen LogP) is 4.14. The van der Waals surface area contributed by atoms with Crippen LogP contribution < -0.4 is 16.0 Å². The molecule has 0 bridgehead atoms. The molecule has 0 aliphatic heterocycles. The standard InChI is InChI=1S/C19H31N3O3/c1-5-13-20-15-10-6-7-11-16(15)22-17(23)12-8-9-14-21-18(24)25-19(2,3)4/h6-7,10-11,20H,5,8-9,12-14H2,1-4H3,(H,21,24)(H,22,23). The van der Waals surface area contributed by atoms with Crippen molar-refractivity contribution in [3.63, 3.8) is 0 Å². The van der Waals surface area contributed by atoms with E-state index >= 15 is 0 Å². The first-order valence-electron chi connectivity index (χ1n) is 8.91. The zero-order chi connectivity index (χ0) is 18.7. The molecule has 3 N–H and O–H groups in total. The first-order valence-corrected chi connectivity index (χ1v) is 8.91. The van der Waals surface area contributed by atoms with E-state index in [0.717, 1.165) is 30.8 Å². The highest BCUT2D eigenvalue weighted by Gasteiger charge is 2.15. The van der Waals surface area contributed by atoms with Crippen LogP contribution in [0.3, 0.4) is 0 Å². The number of ether oxygens (including phenoxy) is 1. The van der Waals surface area contributed by atoms with Gasteiger partial charge in [0.1, 0.15) is 5.60 Å². The number of unbranched alkanes of at least 4 members (excludes halogenated alkanes) is 1. The monoisotopic (exact) mass is 349 g/mol. The van der Waals surface area contributed by atoms with Gasteiger partial charge in [-0.2, -0.15) is 0 Å². The third kappa shape index (κ3) is 9.59. The fourth-order valence-electron chi connectivity index (χ4n) is 2.13. The molecular weight excluding hydrogens is 318 g/mol. The number of rotatable bonds is 9. The van der Waals surface area contributed by atoms with Crippen molar-refractivity contribution in [3.8, 4) is 0 Å². The molecule has 0 fully saturated rings. The van der Waals surface area contributed by atoms with E-state index in [2.05, 4.69) is 22.9 Å². The number of hydrogen-bond donors (Lipinski definition) is 3. The second-order valence-corrected chi connectivity index (χ2v) is 6.91. The Bertz CT molecular complexity index is 553. The Morgan fingerprint density at radius 3 is 2.36 bits per heavy atom. The second kappa shape index (κ2) is 10.6. The number of anilines is 2. The van der Waals surface area contributed by atoms with Gasteiger partial charge < -0.3 is 20.7 Å². The summed E-state index contributed by atoms with van der Waals surface area (Å²) in [4.78, 5) is 23.6. The van der Waals surface area contributed by atoms with Gasteiger partial charge in [-0.25, -0.2) is 4.79 Å². The topological polar surface area (TPSA) is 79.5 Å². The first kappa shape index (κ1) is 20.8. The molecular formula is C19H31N3O3. The van der Waals surface area contributed by atoms with Gasteiger partial charge >= 0.3 is 6.09 Å². The van der Waals surface area contributed by atoms with E-state index in [1.165, 1.54) is 0 Å². The second-order valence-electron chi connectivity index (χ2n) is 6.91. The summed E-state index contributed by atoms with van der Waals surface area (Å²) in [7, 11) is 0. The molecule has 2 amide bonds. The van der Waals surface area contributed by atoms with E-state index in [9.17, 15) is 9.59 Å². The third-order valence-electron chi connectivity index (χ3n) is 3.27. The molecule has 0 atom stereocenters. The Morgan fingerprint density at radius 2 is 1.72 bits per heavy atom. The number of carbonyl (C=O) groups excluding carboxylic acids is 2. The highest BCUT2D eigenvalue weighted by Crippen LogP contribution is 2.21. The van der Waals surface area contributed by atoms with Crippen LogP contribution in [0, 0.1) is 0 Å². The summed E-state index contributed by atoms with van der Waals surface area (Å²) in [6, 6.07) is 7.68. The van der Waals surface area contributed by atoms with E-state index in [-0.39, 0.29) is 5.91 Å². The molecule has 0 saturated carbocycles. The van der Waals surface area contributed by atoms with Crippen LogP contribution in [0.2, 0.25) is 0 Å². The molecule has 0 unspecified atom stereocenters. The molecule has 0 radical (unpaired) electrons. The Balaban J connectivity index is 2.26. The molecule has 0 aliphatic carbocycles. The van der Waals surface area contributed by atoms with Crippen molar-refractivity contribution in [1.82, 2.24) is 5.32 Å². The summed E-state index contributed by atoms with van der Waals surface area (Å²) in [5.41, 5.74) is 1.24. The Hall–Kier alpha value is -2.24. The summed E-state index contributed by atoms with van der Waals surface area (Å²) in [5, 5.41) is 8.93. The smallest absolute Gasteiger partial charge is 0.407 e. The number of para-hydroxylation sites is 2. The summed E-state index contributed by atoms with van der Waals surface area (Å²) >= 11 is 0. The van der Waals surface area contributed by atoms with Gasteiger partial charge in [-0.1, -0.05) is 19.1 Å². The lowest BCUT2D eigenvalue weighted by Gasteiger charge is -2.19. The molecule has 0 heterocycles. The minimum atomic E-state index is -0.497. The number of amides is 2. The van der Waals surface area contributed by atoms with Crippen LogP contribution in [-0.4, -0.2) is 30.7 Å². The minimum absolute atomic E-state index is 0.0250. The highest BCUT2D eigenvalue weighted by molar-refractivity contribution is 5.94. The van der Waals surface area contributed by atoms with Crippen LogP contribution in [0.25, 0.3) is 0 Å². The van der Waals surface area contributed by atoms with Crippen molar-refractivity contribution in [3.05, 3.63) is 24.3 Å². The van der Waals surface area contributed by atoms with E-state index < -0.39 is 11.7 Å². The van der Waals surface area contributed by atoms with E-state index in [1.54, 1.807) is 0 Å². The summed E-state index contributed by atoms with van der Waals surface area (Å²) in [6.45, 7) is 8.93. The van der Waals surface area contributed by atoms with Crippen molar-refractivity contribution in [2.75, 3.05) is 23.7 Å². The average molecular weight is 349 g/mol. The van der Waals surface area contributed by atoms with Crippen molar-refractivity contribution in [2.45, 2.75) is 59.0 Å². The van der Waals surface area contributed by atoms with E-state index in [4.69, 9.17) is 4.74 Å². The van der Waals surface area contributed by atoms with Crippen LogP contribution >= 0.6 is 0 Å². The fourth-order valence-corrected chi connectivity index (χ4v) is 2.13. The molecule has 1 aromatic carbocycles. The van der Waals surface area contributed by atoms with Crippen molar-refractivity contribution in [1.29, 1.82) is 0 Å². The van der Waals surface area contributed by atoms with E-state index in [1.807, 2.05) is 45.0 Å². The van der Waals surface area contributed by atoms with Gasteiger partial charge in [0.25, 0.3) is 0 Å². The fraction of sp³-hybridized carbons (Fsp3) is 0.579. The quantitative estimate of drug-likeness (QED) is 0.585. The van der Waals surface area contributed by atoms with Crippen molar-refractivity contribution >= 4 is 23.4 Å². The molecule has 0 saturated heterocycles. The van der Waals surface area contributed by atoms with Crippen LogP contribution in [0.1, 0.15) is 53.4 Å². The third-order valence-corrected chi connectivity index (χ3v) is 3.27. The zero-order valence-electron chi connectivity index (χ0n) is 15.8. The van der Waals surface area contributed by atoms with Crippen molar-refractivity contribution in [2.24, 2.45) is 0 Å². The van der Waals surface area contributed by atoms with Gasteiger partial charge in [-0.3, -0.25) is 4.79 Å². The Kier molecular flexibility index (Phi) is 8.81. The largest absolute Gasteiger partial charge is 0.444 e. The maximum atomic E-state index is 12.1. The molecule has 6 nitrogen and oxygen atoms in total. The zero-order valence-corrected chi connectivity index (χ0v) is 15.8. The van der Waals surface area contributed by atoms with Crippen LogP contribution in [0.5, 0.6) is 0 Å². The van der Waals surface area contributed by atoms with Crippen LogP contribution in [0.4, 0.5) is 16.2 Å². The number of hydrogen-bond acceptors (Lipinski definition) is 4. The van der Waals surface area contributed by atoms with E-state index in [0.29, 0.717) is 19.4 Å². The number of nitrogens with one attached hydrogen (secondary N) is 3. The summed E-state index contributed by atoms with van der Waals surface area (Å²) in [6.07, 6.45) is 2.44. The molecule has 140 valence electrons. The SMILES string of the molecule is CCCNc1ccccc1NC(=O)CCCCNC(=O)OC(C)(C)C. The van der Waals surface area contributed by atoms with Gasteiger partial charge in [-0.05, 0) is 52.2 Å². The van der Waals surface area contributed by atoms with Gasteiger partial charge in [0.05, 0.1) is 11.4 Å². The number of alkyl carbamates (subject to hydrolysis) is 1.